The Morgan fingerprint density at radius 2 is 2.10 bits per heavy atom. The summed E-state index contributed by atoms with van der Waals surface area (Å²) in [7, 11) is 1.65. The molecule has 1 aliphatic heterocycles. The molecule has 5 heteroatoms. The Balaban J connectivity index is 2.23. The molecule has 1 aromatic carbocycles. The van der Waals surface area contributed by atoms with Crippen LogP contribution in [0.2, 0.25) is 0 Å². The molecule has 2 rings (SSSR count). The van der Waals surface area contributed by atoms with Crippen LogP contribution in [0, 0.1) is 0 Å². The summed E-state index contributed by atoms with van der Waals surface area (Å²) in [5.41, 5.74) is 7.43. The Morgan fingerprint density at radius 3 is 2.65 bits per heavy atom. The van der Waals surface area contributed by atoms with Crippen molar-refractivity contribution in [1.82, 2.24) is 10.2 Å². The summed E-state index contributed by atoms with van der Waals surface area (Å²) < 4.78 is 5.19. The van der Waals surface area contributed by atoms with Gasteiger partial charge in [0.05, 0.1) is 19.7 Å². The highest BCUT2D eigenvalue weighted by molar-refractivity contribution is 5.78. The first-order chi connectivity index (χ1) is 9.65. The van der Waals surface area contributed by atoms with Crippen molar-refractivity contribution in [3.05, 3.63) is 29.8 Å². The van der Waals surface area contributed by atoms with E-state index in [1.807, 2.05) is 24.3 Å². The van der Waals surface area contributed by atoms with Crippen molar-refractivity contribution in [3.63, 3.8) is 0 Å². The summed E-state index contributed by atoms with van der Waals surface area (Å²) in [5.74, 6) is 0.895. The van der Waals surface area contributed by atoms with Crippen LogP contribution >= 0.6 is 0 Å². The normalized spacial score (nSPS) is 19.2. The van der Waals surface area contributed by atoms with Gasteiger partial charge >= 0.3 is 0 Å². The van der Waals surface area contributed by atoms with E-state index in [9.17, 15) is 4.79 Å². The fourth-order valence-corrected chi connectivity index (χ4v) is 2.65. The smallest absolute Gasteiger partial charge is 0.234 e. The Bertz CT molecular complexity index is 447. The van der Waals surface area contributed by atoms with E-state index < -0.39 is 0 Å². The van der Waals surface area contributed by atoms with Crippen molar-refractivity contribution >= 4 is 5.91 Å². The number of carbonyl (C=O) groups is 1. The summed E-state index contributed by atoms with van der Waals surface area (Å²) in [6.45, 7) is 3.99. The van der Waals surface area contributed by atoms with Crippen LogP contribution in [0.4, 0.5) is 0 Å². The lowest BCUT2D eigenvalue weighted by Gasteiger charge is -2.37. The summed E-state index contributed by atoms with van der Waals surface area (Å²) in [6, 6.07) is 8.02. The van der Waals surface area contributed by atoms with Crippen LogP contribution in [0.15, 0.2) is 24.3 Å². The standard InChI is InChI=1S/C15H23N3O2/c1-3-13(16)15(18-9-8-17-14(19)10-18)11-4-6-12(20-2)7-5-11/h4-7,13,15H,3,8-10,16H2,1-2H3,(H,17,19). The average molecular weight is 277 g/mol. The van der Waals surface area contributed by atoms with Gasteiger partial charge in [0.1, 0.15) is 5.75 Å². The summed E-state index contributed by atoms with van der Waals surface area (Å²) >= 11 is 0. The maximum atomic E-state index is 11.6. The third kappa shape index (κ3) is 3.29. The van der Waals surface area contributed by atoms with E-state index in [-0.39, 0.29) is 18.0 Å². The van der Waals surface area contributed by atoms with Crippen LogP contribution in [0.5, 0.6) is 5.75 Å². The Kier molecular flexibility index (Phi) is 4.98. The van der Waals surface area contributed by atoms with E-state index in [2.05, 4.69) is 17.1 Å². The first kappa shape index (κ1) is 14.8. The molecule has 0 bridgehead atoms. The molecule has 20 heavy (non-hydrogen) atoms. The van der Waals surface area contributed by atoms with Gasteiger partial charge < -0.3 is 15.8 Å². The lowest BCUT2D eigenvalue weighted by molar-refractivity contribution is -0.125. The zero-order chi connectivity index (χ0) is 14.5. The molecule has 1 heterocycles. The largest absolute Gasteiger partial charge is 0.497 e. The number of amides is 1. The molecule has 2 atom stereocenters. The molecule has 0 saturated carbocycles. The number of nitrogens with one attached hydrogen (secondary N) is 1. The Labute approximate surface area is 120 Å². The molecule has 0 aromatic heterocycles. The molecule has 3 N–H and O–H groups in total. The van der Waals surface area contributed by atoms with E-state index in [0.29, 0.717) is 13.1 Å². The van der Waals surface area contributed by atoms with Gasteiger partial charge in [-0.1, -0.05) is 19.1 Å². The molecule has 1 amide bonds. The molecule has 1 aliphatic rings. The minimum atomic E-state index is 0.00861. The van der Waals surface area contributed by atoms with Crippen LogP contribution in [0.1, 0.15) is 24.9 Å². The van der Waals surface area contributed by atoms with E-state index in [0.717, 1.165) is 24.3 Å². The predicted octanol–water partition coefficient (Wildman–Crippen LogP) is 0.905. The van der Waals surface area contributed by atoms with Crippen molar-refractivity contribution in [2.24, 2.45) is 5.73 Å². The van der Waals surface area contributed by atoms with Crippen molar-refractivity contribution < 1.29 is 9.53 Å². The number of ether oxygens (including phenoxy) is 1. The molecule has 0 spiro atoms. The molecule has 2 unspecified atom stereocenters. The van der Waals surface area contributed by atoms with Crippen molar-refractivity contribution in [2.45, 2.75) is 25.4 Å². The number of carbonyl (C=O) groups excluding carboxylic acids is 1. The van der Waals surface area contributed by atoms with Gasteiger partial charge in [-0.3, -0.25) is 9.69 Å². The van der Waals surface area contributed by atoms with Gasteiger partial charge in [-0.2, -0.15) is 0 Å². The van der Waals surface area contributed by atoms with Gasteiger partial charge in [-0.25, -0.2) is 0 Å². The second-order valence-corrected chi connectivity index (χ2v) is 5.11. The molecule has 1 saturated heterocycles. The van der Waals surface area contributed by atoms with Crippen LogP contribution in [0.25, 0.3) is 0 Å². The fraction of sp³-hybridized carbons (Fsp3) is 0.533. The molecule has 1 aromatic rings. The molecular formula is C15H23N3O2. The van der Waals surface area contributed by atoms with Gasteiger partial charge in [0.25, 0.3) is 0 Å². The van der Waals surface area contributed by atoms with Crippen LogP contribution in [-0.4, -0.2) is 43.6 Å². The highest BCUT2D eigenvalue weighted by atomic mass is 16.5. The van der Waals surface area contributed by atoms with Crippen LogP contribution < -0.4 is 15.8 Å². The first-order valence-electron chi connectivity index (χ1n) is 7.06. The Morgan fingerprint density at radius 1 is 1.40 bits per heavy atom. The molecule has 0 aliphatic carbocycles. The lowest BCUT2D eigenvalue weighted by Crippen LogP contribution is -2.52. The lowest BCUT2D eigenvalue weighted by atomic mass is 9.95. The SMILES string of the molecule is CCC(N)C(c1ccc(OC)cc1)N1CCNC(=O)C1. The molecular weight excluding hydrogens is 254 g/mol. The first-order valence-corrected chi connectivity index (χ1v) is 7.06. The van der Waals surface area contributed by atoms with Crippen molar-refractivity contribution in [1.29, 1.82) is 0 Å². The van der Waals surface area contributed by atoms with Gasteiger partial charge in [0.2, 0.25) is 5.91 Å². The zero-order valence-corrected chi connectivity index (χ0v) is 12.1. The van der Waals surface area contributed by atoms with Gasteiger partial charge in [0.15, 0.2) is 0 Å². The third-order valence-electron chi connectivity index (χ3n) is 3.80. The summed E-state index contributed by atoms with van der Waals surface area (Å²) in [6.07, 6.45) is 0.870. The van der Waals surface area contributed by atoms with E-state index >= 15 is 0 Å². The fourth-order valence-electron chi connectivity index (χ4n) is 2.65. The monoisotopic (exact) mass is 277 g/mol. The molecule has 110 valence electrons. The number of rotatable bonds is 5. The molecule has 0 radical (unpaired) electrons. The van der Waals surface area contributed by atoms with E-state index in [1.165, 1.54) is 0 Å². The van der Waals surface area contributed by atoms with Crippen LogP contribution in [-0.2, 0) is 4.79 Å². The number of nitrogens with two attached hydrogens (primary N) is 1. The number of nitrogens with zero attached hydrogens (tertiary/aromatic N) is 1. The van der Waals surface area contributed by atoms with Gasteiger partial charge in [0, 0.05) is 19.1 Å². The zero-order valence-electron chi connectivity index (χ0n) is 12.1. The van der Waals surface area contributed by atoms with Crippen molar-refractivity contribution in [3.8, 4) is 5.75 Å². The highest BCUT2D eigenvalue weighted by Crippen LogP contribution is 2.27. The molecule has 5 nitrogen and oxygen atoms in total. The quantitative estimate of drug-likeness (QED) is 0.839. The topological polar surface area (TPSA) is 67.6 Å². The van der Waals surface area contributed by atoms with Gasteiger partial charge in [-0.15, -0.1) is 0 Å². The van der Waals surface area contributed by atoms with Crippen LogP contribution in [0.3, 0.4) is 0 Å². The maximum absolute atomic E-state index is 11.6. The highest BCUT2D eigenvalue weighted by Gasteiger charge is 2.29. The molecule has 1 fully saturated rings. The minimum Gasteiger partial charge on any atom is -0.497 e. The number of hydrogen-bond donors (Lipinski definition) is 2. The van der Waals surface area contributed by atoms with E-state index in [1.54, 1.807) is 7.11 Å². The minimum absolute atomic E-state index is 0.00861. The second kappa shape index (κ2) is 6.72. The van der Waals surface area contributed by atoms with E-state index in [4.69, 9.17) is 10.5 Å². The Hall–Kier alpha value is -1.59. The third-order valence-corrected chi connectivity index (χ3v) is 3.80. The number of hydrogen-bond acceptors (Lipinski definition) is 4. The number of methoxy groups -OCH3 is 1. The van der Waals surface area contributed by atoms with Gasteiger partial charge in [-0.05, 0) is 24.1 Å². The van der Waals surface area contributed by atoms with Crippen molar-refractivity contribution in [2.75, 3.05) is 26.7 Å². The second-order valence-electron chi connectivity index (χ2n) is 5.11. The summed E-state index contributed by atoms with van der Waals surface area (Å²) in [5, 5.41) is 2.85. The number of benzene rings is 1. The maximum Gasteiger partial charge on any atom is 0.234 e. The summed E-state index contributed by atoms with van der Waals surface area (Å²) in [4.78, 5) is 13.8. The number of piperazine rings is 1. The average Bonchev–Trinajstić information content (AvgIpc) is 2.48. The predicted molar refractivity (Wildman–Crippen MR) is 78.6 cm³/mol.